The van der Waals surface area contributed by atoms with E-state index in [0.717, 1.165) is 28.3 Å². The summed E-state index contributed by atoms with van der Waals surface area (Å²) >= 11 is 5.45. The number of nitrogens with zero attached hydrogens (tertiary/aromatic N) is 2. The molecule has 0 saturated carbocycles. The van der Waals surface area contributed by atoms with Crippen LogP contribution in [0.25, 0.3) is 50.1 Å². The number of para-hydroxylation sites is 2. The number of hydrogen-bond acceptors (Lipinski definition) is 2. The minimum Gasteiger partial charge on any atom is -0.339 e. The second kappa shape index (κ2) is 7.59. The van der Waals surface area contributed by atoms with Gasteiger partial charge in [0, 0.05) is 27.7 Å². The van der Waals surface area contributed by atoms with E-state index in [9.17, 15) is 0 Å². The summed E-state index contributed by atoms with van der Waals surface area (Å²) in [7, 11) is 0. The molecule has 1 N–H and O–H groups in total. The Kier molecular flexibility index (Phi) is 4.44. The number of fused-ring (bicyclic) bond motifs is 3. The van der Waals surface area contributed by atoms with E-state index in [4.69, 9.17) is 12.2 Å². The third-order valence-electron chi connectivity index (χ3n) is 5.81. The third-order valence-corrected chi connectivity index (χ3v) is 6.02. The molecule has 6 aromatic rings. The van der Waals surface area contributed by atoms with Crippen LogP contribution in [-0.4, -0.2) is 14.5 Å². The highest BCUT2D eigenvalue weighted by molar-refractivity contribution is 7.71. The summed E-state index contributed by atoms with van der Waals surface area (Å²) < 4.78 is 2.89. The van der Waals surface area contributed by atoms with Gasteiger partial charge in [0.2, 0.25) is 0 Å². The van der Waals surface area contributed by atoms with Crippen LogP contribution < -0.4 is 0 Å². The zero-order valence-electron chi connectivity index (χ0n) is 17.2. The van der Waals surface area contributed by atoms with Crippen LogP contribution in [0, 0.1) is 4.64 Å². The number of aromatic amines is 1. The van der Waals surface area contributed by atoms with Gasteiger partial charge in [-0.25, -0.2) is 4.98 Å². The Labute approximate surface area is 190 Å². The van der Waals surface area contributed by atoms with Gasteiger partial charge in [-0.1, -0.05) is 91.1 Å². The van der Waals surface area contributed by atoms with Gasteiger partial charge in [-0.15, -0.1) is 0 Å². The lowest BCUT2D eigenvalue weighted by atomic mass is 10.1. The molecule has 0 saturated heterocycles. The largest absolute Gasteiger partial charge is 0.339 e. The summed E-state index contributed by atoms with van der Waals surface area (Å²) in [6.07, 6.45) is 0. The van der Waals surface area contributed by atoms with Crippen molar-refractivity contribution in [3.8, 4) is 28.3 Å². The van der Waals surface area contributed by atoms with Crippen molar-refractivity contribution < 1.29 is 0 Å². The molecule has 2 heterocycles. The number of benzene rings is 4. The molecule has 3 nitrogen and oxygen atoms in total. The molecule has 0 atom stereocenters. The lowest BCUT2D eigenvalue weighted by Crippen LogP contribution is -1.95. The van der Waals surface area contributed by atoms with E-state index in [0.29, 0.717) is 4.64 Å². The molecular formula is C28H19N3S. The molecule has 0 aliphatic heterocycles. The molecule has 152 valence electrons. The first-order chi connectivity index (χ1) is 15.8. The normalized spacial score (nSPS) is 11.2. The SMILES string of the molecule is S=c1cc(-c2ccc(-n3c4ccccc4c4ccccc43)cc2)[nH]c(-c2ccccc2)n1. The Hall–Kier alpha value is -4.02. The predicted molar refractivity (Wildman–Crippen MR) is 135 cm³/mol. The van der Waals surface area contributed by atoms with Crippen molar-refractivity contribution in [2.24, 2.45) is 0 Å². The standard InChI is InChI=1S/C28H19N3S/c32-27-18-24(29-28(30-27)20-8-2-1-3-9-20)19-14-16-21(17-15-19)31-25-12-6-4-10-22(25)23-11-5-7-13-26(23)31/h1-18H,(H,29,30,32). The van der Waals surface area contributed by atoms with Gasteiger partial charge in [0.1, 0.15) is 10.5 Å². The monoisotopic (exact) mass is 429 g/mol. The maximum absolute atomic E-state index is 5.45. The first-order valence-corrected chi connectivity index (χ1v) is 10.9. The van der Waals surface area contributed by atoms with Crippen LogP contribution in [-0.2, 0) is 0 Å². The van der Waals surface area contributed by atoms with Crippen LogP contribution in [0.15, 0.2) is 109 Å². The molecule has 0 aliphatic carbocycles. The fourth-order valence-corrected chi connectivity index (χ4v) is 4.55. The van der Waals surface area contributed by atoms with Crippen molar-refractivity contribution in [3.63, 3.8) is 0 Å². The van der Waals surface area contributed by atoms with E-state index in [1.807, 2.05) is 36.4 Å². The van der Waals surface area contributed by atoms with Gasteiger partial charge in [-0.05, 0) is 35.9 Å². The number of hydrogen-bond donors (Lipinski definition) is 1. The van der Waals surface area contributed by atoms with Gasteiger partial charge in [-0.3, -0.25) is 0 Å². The van der Waals surface area contributed by atoms with Gasteiger partial charge >= 0.3 is 0 Å². The number of H-pyrrole nitrogens is 1. The molecule has 0 bridgehead atoms. The molecule has 4 aromatic carbocycles. The summed E-state index contributed by atoms with van der Waals surface area (Å²) in [5.41, 5.74) is 6.58. The Morgan fingerprint density at radius 1 is 0.625 bits per heavy atom. The van der Waals surface area contributed by atoms with Crippen LogP contribution in [0.4, 0.5) is 0 Å². The second-order valence-electron chi connectivity index (χ2n) is 7.76. The molecule has 0 amide bonds. The Balaban J connectivity index is 1.47. The zero-order chi connectivity index (χ0) is 21.5. The van der Waals surface area contributed by atoms with Crippen molar-refractivity contribution in [3.05, 3.63) is 114 Å². The quantitative estimate of drug-likeness (QED) is 0.294. The summed E-state index contributed by atoms with van der Waals surface area (Å²) in [6.45, 7) is 0. The van der Waals surface area contributed by atoms with E-state index < -0.39 is 0 Å². The maximum atomic E-state index is 5.45. The van der Waals surface area contributed by atoms with Crippen molar-refractivity contribution in [1.29, 1.82) is 0 Å². The van der Waals surface area contributed by atoms with E-state index in [1.165, 1.54) is 21.8 Å². The highest BCUT2D eigenvalue weighted by Crippen LogP contribution is 2.32. The van der Waals surface area contributed by atoms with Gasteiger partial charge in [0.15, 0.2) is 0 Å². The van der Waals surface area contributed by atoms with Gasteiger partial charge in [-0.2, -0.15) is 0 Å². The maximum Gasteiger partial charge on any atom is 0.139 e. The first-order valence-electron chi connectivity index (χ1n) is 10.5. The van der Waals surface area contributed by atoms with Gasteiger partial charge in [0.05, 0.1) is 11.0 Å². The minimum absolute atomic E-state index is 0.573. The van der Waals surface area contributed by atoms with E-state index in [1.54, 1.807) is 0 Å². The first kappa shape index (κ1) is 18.7. The van der Waals surface area contributed by atoms with Crippen LogP contribution >= 0.6 is 12.2 Å². The highest BCUT2D eigenvalue weighted by atomic mass is 32.1. The smallest absolute Gasteiger partial charge is 0.139 e. The molecule has 0 radical (unpaired) electrons. The Bertz CT molecular complexity index is 1570. The summed E-state index contributed by atoms with van der Waals surface area (Å²) in [6, 6.07) is 37.7. The predicted octanol–water partition coefficient (Wildman–Crippen LogP) is 7.57. The lowest BCUT2D eigenvalue weighted by molar-refractivity contribution is 1.16. The molecular weight excluding hydrogens is 410 g/mol. The Morgan fingerprint density at radius 2 is 1.22 bits per heavy atom. The topological polar surface area (TPSA) is 33.6 Å². The van der Waals surface area contributed by atoms with E-state index in [2.05, 4.69) is 87.3 Å². The number of nitrogens with one attached hydrogen (secondary N) is 1. The van der Waals surface area contributed by atoms with Gasteiger partial charge in [0.25, 0.3) is 0 Å². The van der Waals surface area contributed by atoms with Crippen molar-refractivity contribution >= 4 is 34.0 Å². The van der Waals surface area contributed by atoms with Gasteiger partial charge < -0.3 is 9.55 Å². The lowest BCUT2D eigenvalue weighted by Gasteiger charge is -2.10. The molecule has 32 heavy (non-hydrogen) atoms. The fourth-order valence-electron chi connectivity index (χ4n) is 4.34. The highest BCUT2D eigenvalue weighted by Gasteiger charge is 2.11. The summed E-state index contributed by atoms with van der Waals surface area (Å²) in [5, 5.41) is 2.52. The molecule has 4 heteroatoms. The molecule has 6 rings (SSSR count). The molecule has 2 aromatic heterocycles. The van der Waals surface area contributed by atoms with Crippen molar-refractivity contribution in [2.75, 3.05) is 0 Å². The average Bonchev–Trinajstić information content (AvgIpc) is 3.19. The average molecular weight is 430 g/mol. The molecule has 0 aliphatic rings. The summed E-state index contributed by atoms with van der Waals surface area (Å²) in [4.78, 5) is 7.96. The molecule has 0 unspecified atom stereocenters. The Morgan fingerprint density at radius 3 is 1.88 bits per heavy atom. The number of aromatic nitrogens is 3. The molecule has 0 spiro atoms. The van der Waals surface area contributed by atoms with E-state index in [-0.39, 0.29) is 0 Å². The van der Waals surface area contributed by atoms with Crippen molar-refractivity contribution in [1.82, 2.24) is 14.5 Å². The number of rotatable bonds is 3. The van der Waals surface area contributed by atoms with Crippen LogP contribution in [0.1, 0.15) is 0 Å². The fraction of sp³-hybridized carbons (Fsp3) is 0. The van der Waals surface area contributed by atoms with E-state index >= 15 is 0 Å². The van der Waals surface area contributed by atoms with Crippen LogP contribution in [0.5, 0.6) is 0 Å². The van der Waals surface area contributed by atoms with Crippen molar-refractivity contribution in [2.45, 2.75) is 0 Å². The minimum atomic E-state index is 0.573. The van der Waals surface area contributed by atoms with Crippen LogP contribution in [0.2, 0.25) is 0 Å². The third kappa shape index (κ3) is 3.13. The second-order valence-corrected chi connectivity index (χ2v) is 8.18. The molecule has 0 fully saturated rings. The van der Waals surface area contributed by atoms with Crippen LogP contribution in [0.3, 0.4) is 0 Å². The zero-order valence-corrected chi connectivity index (χ0v) is 18.0. The summed E-state index contributed by atoms with van der Waals surface area (Å²) in [5.74, 6) is 0.777.